The zero-order valence-electron chi connectivity index (χ0n) is 4.02. The average molecular weight is 165 g/mol. The molecule has 0 saturated carbocycles. The van der Waals surface area contributed by atoms with E-state index in [-0.39, 0.29) is 10.1 Å². The van der Waals surface area contributed by atoms with Crippen molar-refractivity contribution < 1.29 is 9.59 Å². The topological polar surface area (TPSA) is 48.2 Å². The number of carbonyl (C=O) groups excluding carboxylic acids is 2. The van der Waals surface area contributed by atoms with Crippen LogP contribution in [0, 0.1) is 0 Å². The maximum Gasteiger partial charge on any atom is 0.293 e. The molecule has 1 aliphatic rings. The Morgan fingerprint density at radius 1 is 1.00 bits per heavy atom. The molecule has 1 aliphatic heterocycles. The molecule has 0 aromatic carbocycles. The van der Waals surface area contributed by atoms with E-state index in [0.717, 1.165) is 0 Å². The zero-order chi connectivity index (χ0) is 7.02. The molecular weight excluding hydrogens is 165 g/mol. The van der Waals surface area contributed by atoms with Gasteiger partial charge < -0.3 is 0 Å². The Balaban J connectivity index is 3.06. The fourth-order valence-corrected chi connectivity index (χ4v) is 0.624. The van der Waals surface area contributed by atoms with Crippen LogP contribution in [0.25, 0.3) is 0 Å². The minimum absolute atomic E-state index is 0.290. The van der Waals surface area contributed by atoms with Gasteiger partial charge in [0.1, 0.15) is 10.1 Å². The van der Waals surface area contributed by atoms with E-state index >= 15 is 0 Å². The summed E-state index contributed by atoms with van der Waals surface area (Å²) in [5, 5.41) is 2.35. The lowest BCUT2D eigenvalue weighted by molar-refractivity contribution is -0.124. The van der Waals surface area contributed by atoms with E-state index in [1.807, 2.05) is 0 Å². The Hall–Kier alpha value is -0.540. The van der Waals surface area contributed by atoms with E-state index in [4.69, 9.17) is 23.2 Å². The average Bonchev–Trinajstić information content (AvgIpc) is 1.98. The smallest absolute Gasteiger partial charge is 0.266 e. The first-order valence-corrected chi connectivity index (χ1v) is 2.74. The summed E-state index contributed by atoms with van der Waals surface area (Å²) in [5.74, 6) is -1.52. The van der Waals surface area contributed by atoms with E-state index in [1.54, 1.807) is 0 Å². The van der Waals surface area contributed by atoms with Gasteiger partial charge in [-0.1, -0.05) is 23.2 Å². The van der Waals surface area contributed by atoms with Gasteiger partial charge in [-0.2, -0.15) is 5.32 Å². The Labute approximate surface area is 60.6 Å². The first kappa shape index (κ1) is 6.58. The standard InChI is InChI=1S/C4Cl2NO2/c5-1-2(6)4(9)7-3(1)8. The van der Waals surface area contributed by atoms with Crippen molar-refractivity contribution in [2.45, 2.75) is 0 Å². The highest BCUT2D eigenvalue weighted by Crippen LogP contribution is 2.20. The second-order valence-corrected chi connectivity index (χ2v) is 2.11. The summed E-state index contributed by atoms with van der Waals surface area (Å²) in [7, 11) is 0. The SMILES string of the molecule is O=C1[N]C(=O)C(Cl)=C1Cl. The van der Waals surface area contributed by atoms with Crippen LogP contribution in [0.15, 0.2) is 10.1 Å². The Kier molecular flexibility index (Phi) is 1.47. The van der Waals surface area contributed by atoms with Crippen LogP contribution in [-0.2, 0) is 9.59 Å². The Morgan fingerprint density at radius 3 is 1.44 bits per heavy atom. The fourth-order valence-electron chi connectivity index (χ4n) is 0.378. The number of halogens is 2. The molecule has 0 saturated heterocycles. The molecule has 1 rings (SSSR count). The van der Waals surface area contributed by atoms with Crippen molar-refractivity contribution in [1.82, 2.24) is 5.32 Å². The molecule has 47 valence electrons. The number of rotatable bonds is 0. The molecule has 0 bridgehead atoms. The third-order valence-electron chi connectivity index (χ3n) is 0.771. The molecule has 1 radical (unpaired) electrons. The fraction of sp³-hybridized carbons (Fsp3) is 0. The zero-order valence-corrected chi connectivity index (χ0v) is 5.53. The summed E-state index contributed by atoms with van der Waals surface area (Å²) in [5.41, 5.74) is 0. The van der Waals surface area contributed by atoms with Crippen molar-refractivity contribution >= 4 is 35.0 Å². The van der Waals surface area contributed by atoms with Crippen molar-refractivity contribution in [2.75, 3.05) is 0 Å². The number of imide groups is 1. The molecule has 0 N–H and O–H groups in total. The van der Waals surface area contributed by atoms with Crippen LogP contribution >= 0.6 is 23.2 Å². The van der Waals surface area contributed by atoms with Gasteiger partial charge >= 0.3 is 0 Å². The van der Waals surface area contributed by atoms with Crippen LogP contribution in [0.1, 0.15) is 0 Å². The van der Waals surface area contributed by atoms with E-state index in [9.17, 15) is 9.59 Å². The molecule has 5 heteroatoms. The van der Waals surface area contributed by atoms with Gasteiger partial charge in [0.25, 0.3) is 11.8 Å². The van der Waals surface area contributed by atoms with Gasteiger partial charge in [0.15, 0.2) is 0 Å². The molecule has 0 spiro atoms. The quantitative estimate of drug-likeness (QED) is 0.486. The van der Waals surface area contributed by atoms with Gasteiger partial charge in [-0.05, 0) is 0 Å². The summed E-state index contributed by atoms with van der Waals surface area (Å²) in [6.45, 7) is 0. The summed E-state index contributed by atoms with van der Waals surface area (Å²) >= 11 is 10.4. The highest BCUT2D eigenvalue weighted by molar-refractivity contribution is 6.58. The van der Waals surface area contributed by atoms with E-state index < -0.39 is 11.8 Å². The normalized spacial score (nSPS) is 18.9. The molecule has 1 heterocycles. The summed E-state index contributed by atoms with van der Waals surface area (Å²) in [6, 6.07) is 0. The molecular formula is C4Cl2NO2. The van der Waals surface area contributed by atoms with Gasteiger partial charge in [-0.25, -0.2) is 0 Å². The van der Waals surface area contributed by atoms with E-state index in [0.29, 0.717) is 0 Å². The van der Waals surface area contributed by atoms with Crippen molar-refractivity contribution in [3.8, 4) is 0 Å². The van der Waals surface area contributed by atoms with Gasteiger partial charge in [0.2, 0.25) is 0 Å². The third kappa shape index (κ3) is 0.930. The third-order valence-corrected chi connectivity index (χ3v) is 1.57. The summed E-state index contributed by atoms with van der Waals surface area (Å²) in [4.78, 5) is 20.7. The lowest BCUT2D eigenvalue weighted by atomic mass is 10.5. The van der Waals surface area contributed by atoms with Gasteiger partial charge in [0.05, 0.1) is 0 Å². The number of amides is 2. The van der Waals surface area contributed by atoms with Crippen molar-refractivity contribution in [3.05, 3.63) is 10.1 Å². The number of nitrogens with zero attached hydrogens (tertiary/aromatic N) is 1. The molecule has 0 aliphatic carbocycles. The lowest BCUT2D eigenvalue weighted by Gasteiger charge is -1.77. The number of hydrogen-bond donors (Lipinski definition) is 0. The van der Waals surface area contributed by atoms with Gasteiger partial charge in [-0.3, -0.25) is 9.59 Å². The Bertz CT molecular complexity index is 199. The van der Waals surface area contributed by atoms with Crippen LogP contribution in [0.2, 0.25) is 0 Å². The molecule has 0 aromatic heterocycles. The van der Waals surface area contributed by atoms with Crippen LogP contribution in [0.4, 0.5) is 0 Å². The van der Waals surface area contributed by atoms with Crippen LogP contribution in [-0.4, -0.2) is 11.8 Å². The van der Waals surface area contributed by atoms with Gasteiger partial charge in [-0.15, -0.1) is 0 Å². The molecule has 3 nitrogen and oxygen atoms in total. The van der Waals surface area contributed by atoms with E-state index in [2.05, 4.69) is 5.32 Å². The Morgan fingerprint density at radius 2 is 1.33 bits per heavy atom. The lowest BCUT2D eigenvalue weighted by Crippen LogP contribution is -2.13. The summed E-state index contributed by atoms with van der Waals surface area (Å²) in [6.07, 6.45) is 0. The highest BCUT2D eigenvalue weighted by Gasteiger charge is 2.29. The molecule has 0 aromatic rings. The predicted molar refractivity (Wildman–Crippen MR) is 30.9 cm³/mol. The highest BCUT2D eigenvalue weighted by atomic mass is 35.5. The number of carbonyl (C=O) groups is 2. The molecule has 0 fully saturated rings. The van der Waals surface area contributed by atoms with Crippen LogP contribution in [0.5, 0.6) is 0 Å². The van der Waals surface area contributed by atoms with Gasteiger partial charge in [0, 0.05) is 0 Å². The summed E-state index contributed by atoms with van der Waals surface area (Å²) < 4.78 is 0. The second-order valence-electron chi connectivity index (χ2n) is 1.35. The maximum atomic E-state index is 10.3. The molecule has 9 heavy (non-hydrogen) atoms. The minimum Gasteiger partial charge on any atom is -0.266 e. The maximum absolute atomic E-state index is 10.3. The van der Waals surface area contributed by atoms with Crippen molar-refractivity contribution in [3.63, 3.8) is 0 Å². The van der Waals surface area contributed by atoms with Crippen LogP contribution in [0.3, 0.4) is 0 Å². The van der Waals surface area contributed by atoms with Crippen molar-refractivity contribution in [1.29, 1.82) is 0 Å². The molecule has 2 amide bonds. The van der Waals surface area contributed by atoms with Crippen molar-refractivity contribution in [2.24, 2.45) is 0 Å². The molecule has 0 atom stereocenters. The first-order chi connectivity index (χ1) is 4.13. The largest absolute Gasteiger partial charge is 0.293 e. The minimum atomic E-state index is -0.758. The first-order valence-electron chi connectivity index (χ1n) is 1.98. The van der Waals surface area contributed by atoms with E-state index in [1.165, 1.54) is 0 Å². The monoisotopic (exact) mass is 164 g/mol. The molecule has 0 unspecified atom stereocenters. The van der Waals surface area contributed by atoms with Crippen LogP contribution < -0.4 is 5.32 Å². The second kappa shape index (κ2) is 2.01. The number of hydrogen-bond acceptors (Lipinski definition) is 2. The predicted octanol–water partition coefficient (Wildman–Crippen LogP) is 0.347.